The van der Waals surface area contributed by atoms with Crippen LogP contribution in [0.2, 0.25) is 0 Å². The molecule has 0 atom stereocenters. The summed E-state index contributed by atoms with van der Waals surface area (Å²) >= 11 is 0. The highest BCUT2D eigenvalue weighted by Gasteiger charge is 2.23. The first-order valence-corrected chi connectivity index (χ1v) is 9.18. The number of morpholine rings is 1. The van der Waals surface area contributed by atoms with E-state index in [4.69, 9.17) is 4.74 Å². The number of ether oxygens (including phenoxy) is 1. The van der Waals surface area contributed by atoms with Gasteiger partial charge in [-0.3, -0.25) is 4.90 Å². The second-order valence-electron chi connectivity index (χ2n) is 7.00. The summed E-state index contributed by atoms with van der Waals surface area (Å²) in [5.41, 5.74) is 2.57. The third-order valence-corrected chi connectivity index (χ3v) is 5.38. The van der Waals surface area contributed by atoms with Gasteiger partial charge in [0.2, 0.25) is 0 Å². The van der Waals surface area contributed by atoms with Crippen LogP contribution in [0.25, 0.3) is 10.9 Å². The Labute approximate surface area is 148 Å². The summed E-state index contributed by atoms with van der Waals surface area (Å²) in [6.07, 6.45) is 2.41. The molecule has 5 nitrogen and oxygen atoms in total. The lowest BCUT2D eigenvalue weighted by Crippen LogP contribution is -2.43. The van der Waals surface area contributed by atoms with E-state index in [0.29, 0.717) is 5.69 Å². The Hall–Kier alpha value is -2.16. The van der Waals surface area contributed by atoms with Gasteiger partial charge in [-0.15, -0.1) is 0 Å². The van der Waals surface area contributed by atoms with Crippen LogP contribution in [0.4, 0.5) is 5.69 Å². The Kier molecular flexibility index (Phi) is 4.82. The van der Waals surface area contributed by atoms with E-state index in [0.717, 1.165) is 61.9 Å². The molecule has 1 aromatic heterocycles. The van der Waals surface area contributed by atoms with Gasteiger partial charge in [-0.25, -0.2) is 4.98 Å². The van der Waals surface area contributed by atoms with E-state index in [1.165, 1.54) is 19.4 Å². The minimum absolute atomic E-state index is 0.504. The predicted octanol–water partition coefficient (Wildman–Crippen LogP) is 2.66. The summed E-state index contributed by atoms with van der Waals surface area (Å²) in [6.45, 7) is 7.18. The number of hydrogen-bond donors (Lipinski definition) is 0. The van der Waals surface area contributed by atoms with Crippen LogP contribution in [0, 0.1) is 17.2 Å². The van der Waals surface area contributed by atoms with Gasteiger partial charge in [0.15, 0.2) is 0 Å². The Morgan fingerprint density at radius 2 is 1.88 bits per heavy atom. The molecule has 1 aromatic carbocycles. The van der Waals surface area contributed by atoms with E-state index in [-0.39, 0.29) is 0 Å². The lowest BCUT2D eigenvalue weighted by atomic mass is 9.95. The highest BCUT2D eigenvalue weighted by atomic mass is 16.5. The minimum atomic E-state index is 0.504. The highest BCUT2D eigenvalue weighted by molar-refractivity contribution is 5.92. The van der Waals surface area contributed by atoms with E-state index in [1.54, 1.807) is 0 Å². The van der Waals surface area contributed by atoms with Gasteiger partial charge >= 0.3 is 0 Å². The number of rotatable bonds is 3. The quantitative estimate of drug-likeness (QED) is 0.862. The van der Waals surface area contributed by atoms with Crippen LogP contribution in [-0.2, 0) is 4.74 Å². The summed E-state index contributed by atoms with van der Waals surface area (Å²) in [4.78, 5) is 9.41. The van der Waals surface area contributed by atoms with Gasteiger partial charge < -0.3 is 9.64 Å². The van der Waals surface area contributed by atoms with Crippen LogP contribution in [-0.4, -0.2) is 55.8 Å². The fourth-order valence-corrected chi connectivity index (χ4v) is 3.98. The molecule has 2 aliphatic heterocycles. The number of fused-ring (bicyclic) bond motifs is 1. The second kappa shape index (κ2) is 7.38. The molecule has 2 aliphatic rings. The van der Waals surface area contributed by atoms with E-state index in [1.807, 2.05) is 24.3 Å². The fourth-order valence-electron chi connectivity index (χ4n) is 3.98. The molecule has 2 aromatic rings. The van der Waals surface area contributed by atoms with Crippen LogP contribution in [0.15, 0.2) is 30.3 Å². The van der Waals surface area contributed by atoms with Gasteiger partial charge in [0, 0.05) is 43.8 Å². The van der Waals surface area contributed by atoms with Crippen molar-refractivity contribution in [3.63, 3.8) is 0 Å². The number of piperidine rings is 1. The smallest absolute Gasteiger partial charge is 0.143 e. The van der Waals surface area contributed by atoms with E-state index in [9.17, 15) is 5.26 Å². The van der Waals surface area contributed by atoms with E-state index in [2.05, 4.69) is 26.9 Å². The molecule has 0 radical (unpaired) electrons. The largest absolute Gasteiger partial charge is 0.379 e. The number of para-hydroxylation sites is 1. The van der Waals surface area contributed by atoms with Crippen molar-refractivity contribution in [3.8, 4) is 6.07 Å². The number of benzene rings is 1. The molecule has 0 bridgehead atoms. The number of hydrogen-bond acceptors (Lipinski definition) is 5. The second-order valence-corrected chi connectivity index (χ2v) is 7.00. The molecule has 0 N–H and O–H groups in total. The van der Waals surface area contributed by atoms with Gasteiger partial charge in [0.1, 0.15) is 11.8 Å². The first kappa shape index (κ1) is 16.3. The Bertz CT molecular complexity index is 771. The predicted molar refractivity (Wildman–Crippen MR) is 98.7 cm³/mol. The molecule has 0 spiro atoms. The van der Waals surface area contributed by atoms with Crippen molar-refractivity contribution in [1.29, 1.82) is 5.26 Å². The Balaban J connectivity index is 1.47. The Morgan fingerprint density at radius 1 is 1.12 bits per heavy atom. The number of aromatic nitrogens is 1. The molecule has 4 rings (SSSR count). The zero-order valence-electron chi connectivity index (χ0n) is 14.5. The molecule has 130 valence electrons. The van der Waals surface area contributed by atoms with Crippen LogP contribution in [0.3, 0.4) is 0 Å². The first-order valence-electron chi connectivity index (χ1n) is 9.18. The van der Waals surface area contributed by atoms with Crippen molar-refractivity contribution in [1.82, 2.24) is 9.88 Å². The Morgan fingerprint density at radius 3 is 2.64 bits per heavy atom. The monoisotopic (exact) mass is 336 g/mol. The summed E-state index contributed by atoms with van der Waals surface area (Å²) < 4.78 is 5.44. The van der Waals surface area contributed by atoms with Crippen molar-refractivity contribution < 1.29 is 4.74 Å². The third-order valence-electron chi connectivity index (χ3n) is 5.38. The highest BCUT2D eigenvalue weighted by Crippen LogP contribution is 2.30. The zero-order valence-corrected chi connectivity index (χ0v) is 14.5. The van der Waals surface area contributed by atoms with Gasteiger partial charge in [-0.05, 0) is 30.9 Å². The van der Waals surface area contributed by atoms with Crippen molar-refractivity contribution >= 4 is 16.6 Å². The van der Waals surface area contributed by atoms with Gasteiger partial charge in [-0.1, -0.05) is 18.2 Å². The minimum Gasteiger partial charge on any atom is -0.379 e. The number of anilines is 1. The average molecular weight is 336 g/mol. The molecule has 0 amide bonds. The molecule has 0 saturated carbocycles. The van der Waals surface area contributed by atoms with Gasteiger partial charge in [0.05, 0.1) is 18.7 Å². The van der Waals surface area contributed by atoms with Crippen LogP contribution in [0.5, 0.6) is 0 Å². The average Bonchev–Trinajstić information content (AvgIpc) is 2.68. The summed E-state index contributed by atoms with van der Waals surface area (Å²) in [5.74, 6) is 0.762. The molecule has 2 fully saturated rings. The molecule has 25 heavy (non-hydrogen) atoms. The maximum atomic E-state index is 9.30. The fraction of sp³-hybridized carbons (Fsp3) is 0.500. The molecule has 3 heterocycles. The molecule has 5 heteroatoms. The van der Waals surface area contributed by atoms with E-state index < -0.39 is 0 Å². The van der Waals surface area contributed by atoms with Gasteiger partial charge in [-0.2, -0.15) is 5.26 Å². The number of nitrogens with zero attached hydrogens (tertiary/aromatic N) is 4. The topological polar surface area (TPSA) is 52.4 Å². The standard InChI is InChI=1S/C20H24N4O/c21-14-17-13-20(18-3-1-2-4-19(18)22-17)24-7-5-16(6-8-24)15-23-9-11-25-12-10-23/h1-4,13,16H,5-12,15H2. The number of nitriles is 1. The molecular formula is C20H24N4O. The normalized spacial score (nSPS) is 19.9. The molecule has 2 saturated heterocycles. The zero-order chi connectivity index (χ0) is 17.1. The molecular weight excluding hydrogens is 312 g/mol. The van der Waals surface area contributed by atoms with Crippen LogP contribution >= 0.6 is 0 Å². The van der Waals surface area contributed by atoms with Gasteiger partial charge in [0.25, 0.3) is 0 Å². The van der Waals surface area contributed by atoms with E-state index >= 15 is 0 Å². The summed E-state index contributed by atoms with van der Waals surface area (Å²) in [5, 5.41) is 10.4. The SMILES string of the molecule is N#Cc1cc(N2CCC(CN3CCOCC3)CC2)c2ccccc2n1. The maximum absolute atomic E-state index is 9.30. The summed E-state index contributed by atoms with van der Waals surface area (Å²) in [6, 6.07) is 12.3. The molecule has 0 unspecified atom stereocenters. The first-order chi connectivity index (χ1) is 12.3. The summed E-state index contributed by atoms with van der Waals surface area (Å²) in [7, 11) is 0. The van der Waals surface area contributed by atoms with Crippen molar-refractivity contribution in [2.24, 2.45) is 5.92 Å². The lowest BCUT2D eigenvalue weighted by Gasteiger charge is -2.37. The maximum Gasteiger partial charge on any atom is 0.143 e. The molecule has 0 aliphatic carbocycles. The third kappa shape index (κ3) is 3.60. The van der Waals surface area contributed by atoms with Crippen LogP contribution in [0.1, 0.15) is 18.5 Å². The number of pyridine rings is 1. The van der Waals surface area contributed by atoms with Crippen molar-refractivity contribution in [2.45, 2.75) is 12.8 Å². The van der Waals surface area contributed by atoms with Crippen LogP contribution < -0.4 is 4.90 Å². The van der Waals surface area contributed by atoms with Crippen molar-refractivity contribution in [2.75, 3.05) is 50.8 Å². The van der Waals surface area contributed by atoms with Crippen molar-refractivity contribution in [3.05, 3.63) is 36.0 Å². The lowest BCUT2D eigenvalue weighted by molar-refractivity contribution is 0.0289.